The lowest BCUT2D eigenvalue weighted by Gasteiger charge is -2.27. The van der Waals surface area contributed by atoms with E-state index in [4.69, 9.17) is 9.40 Å². The van der Waals surface area contributed by atoms with Crippen molar-refractivity contribution in [2.45, 2.75) is 44.8 Å². The molecular formula is C23H25N5O3. The highest BCUT2D eigenvalue weighted by Gasteiger charge is 2.43. The molecule has 8 nitrogen and oxygen atoms in total. The minimum Gasteiger partial charge on any atom is -0.438 e. The third kappa shape index (κ3) is 3.13. The number of hydrogen-bond acceptors (Lipinski definition) is 5. The summed E-state index contributed by atoms with van der Waals surface area (Å²) in [4.78, 5) is 38.7. The van der Waals surface area contributed by atoms with Crippen LogP contribution in [0, 0.1) is 6.92 Å². The molecule has 0 spiro atoms. The highest BCUT2D eigenvalue weighted by atomic mass is 16.3. The van der Waals surface area contributed by atoms with Gasteiger partial charge in [-0.3, -0.25) is 9.59 Å². The molecule has 2 bridgehead atoms. The van der Waals surface area contributed by atoms with Gasteiger partial charge in [0.25, 0.3) is 11.8 Å². The van der Waals surface area contributed by atoms with Crippen LogP contribution < -0.4 is 0 Å². The second kappa shape index (κ2) is 7.37. The van der Waals surface area contributed by atoms with Gasteiger partial charge in [0.15, 0.2) is 6.39 Å². The van der Waals surface area contributed by atoms with E-state index in [2.05, 4.69) is 9.55 Å². The normalized spacial score (nSPS) is 19.8. The molecule has 31 heavy (non-hydrogen) atoms. The largest absolute Gasteiger partial charge is 0.438 e. The maximum absolute atomic E-state index is 13.3. The van der Waals surface area contributed by atoms with Gasteiger partial charge in [0, 0.05) is 38.7 Å². The van der Waals surface area contributed by atoms with Crippen molar-refractivity contribution in [2.24, 2.45) is 0 Å². The lowest BCUT2D eigenvalue weighted by Crippen LogP contribution is -2.42. The van der Waals surface area contributed by atoms with Crippen LogP contribution in [0.15, 0.2) is 41.1 Å². The number of aryl methyl sites for hydroxylation is 1. The Morgan fingerprint density at radius 3 is 2.55 bits per heavy atom. The molecule has 1 fully saturated rings. The summed E-state index contributed by atoms with van der Waals surface area (Å²) in [6.45, 7) is 2.38. The predicted molar refractivity (Wildman–Crippen MR) is 114 cm³/mol. The molecule has 0 radical (unpaired) electrons. The molecule has 0 N–H and O–H groups in total. The minimum atomic E-state index is -0.122. The van der Waals surface area contributed by atoms with Gasteiger partial charge in [-0.25, -0.2) is 9.97 Å². The van der Waals surface area contributed by atoms with Gasteiger partial charge >= 0.3 is 0 Å². The molecule has 0 saturated carbocycles. The van der Waals surface area contributed by atoms with Crippen LogP contribution in [-0.4, -0.2) is 62.3 Å². The van der Waals surface area contributed by atoms with Crippen LogP contribution in [0.1, 0.15) is 45.3 Å². The van der Waals surface area contributed by atoms with Gasteiger partial charge < -0.3 is 18.8 Å². The van der Waals surface area contributed by atoms with Crippen LogP contribution >= 0.6 is 0 Å². The van der Waals surface area contributed by atoms with Crippen LogP contribution in [0.5, 0.6) is 0 Å². The Kier molecular flexibility index (Phi) is 4.64. The monoisotopic (exact) mass is 419 g/mol. The highest BCUT2D eigenvalue weighted by Crippen LogP contribution is 2.36. The molecular weight excluding hydrogens is 394 g/mol. The second-order valence-corrected chi connectivity index (χ2v) is 8.48. The summed E-state index contributed by atoms with van der Waals surface area (Å²) in [5, 5.41) is 0. The van der Waals surface area contributed by atoms with Crippen molar-refractivity contribution in [1.82, 2.24) is 24.3 Å². The van der Waals surface area contributed by atoms with Gasteiger partial charge in [-0.15, -0.1) is 0 Å². The fourth-order valence-corrected chi connectivity index (χ4v) is 4.81. The molecule has 3 aromatic rings. The number of nitrogens with zero attached hydrogens (tertiary/aromatic N) is 5. The van der Waals surface area contributed by atoms with Crippen LogP contribution in [-0.2, 0) is 13.0 Å². The van der Waals surface area contributed by atoms with E-state index < -0.39 is 0 Å². The number of oxazole rings is 1. The van der Waals surface area contributed by atoms with Crippen LogP contribution in [0.4, 0.5) is 0 Å². The summed E-state index contributed by atoms with van der Waals surface area (Å²) in [7, 11) is 3.48. The molecule has 0 unspecified atom stereocenters. The zero-order valence-corrected chi connectivity index (χ0v) is 17.9. The molecule has 1 saturated heterocycles. The second-order valence-electron chi connectivity index (χ2n) is 8.48. The molecule has 4 heterocycles. The fraction of sp³-hybridized carbons (Fsp3) is 0.391. The average molecular weight is 419 g/mol. The molecule has 2 aromatic heterocycles. The van der Waals surface area contributed by atoms with E-state index in [1.165, 1.54) is 6.39 Å². The Labute approximate surface area is 180 Å². The number of amides is 2. The summed E-state index contributed by atoms with van der Waals surface area (Å²) in [6.07, 6.45) is 3.71. The van der Waals surface area contributed by atoms with Crippen molar-refractivity contribution < 1.29 is 14.0 Å². The number of hydrogen-bond donors (Lipinski definition) is 0. The van der Waals surface area contributed by atoms with Crippen molar-refractivity contribution >= 4 is 11.8 Å². The first kappa shape index (κ1) is 19.5. The number of carbonyl (C=O) groups excluding carboxylic acids is 2. The number of fused-ring (bicyclic) bond motifs is 3. The van der Waals surface area contributed by atoms with Gasteiger partial charge in [-0.1, -0.05) is 30.3 Å². The molecule has 8 heteroatoms. The molecule has 2 atom stereocenters. The summed E-state index contributed by atoms with van der Waals surface area (Å²) in [6, 6.07) is 9.92. The van der Waals surface area contributed by atoms with Gasteiger partial charge in [0.2, 0.25) is 5.76 Å². The van der Waals surface area contributed by atoms with E-state index >= 15 is 0 Å². The summed E-state index contributed by atoms with van der Waals surface area (Å²) < 4.78 is 7.55. The molecule has 2 amide bonds. The Bertz CT molecular complexity index is 1150. The number of carbonyl (C=O) groups is 2. The smallest absolute Gasteiger partial charge is 0.292 e. The standard InChI is InChI=1S/C23H25N5O3/c1-14-20(31-13-24-14)23(30)28-16-9-10-17(28)12-27-18(11-16)19(22(29)26(2)3)25-21(27)15-7-5-4-6-8-15/h4-8,13,16-17H,9-12H2,1-3H3/t16-,17+/m0/s1. The van der Waals surface area contributed by atoms with Gasteiger partial charge in [-0.05, 0) is 19.8 Å². The van der Waals surface area contributed by atoms with Crippen LogP contribution in [0.25, 0.3) is 11.4 Å². The van der Waals surface area contributed by atoms with E-state index in [9.17, 15) is 9.59 Å². The summed E-state index contributed by atoms with van der Waals surface area (Å²) in [5.74, 6) is 0.835. The molecule has 0 aliphatic carbocycles. The first-order chi connectivity index (χ1) is 15.0. The fourth-order valence-electron chi connectivity index (χ4n) is 4.81. The molecule has 160 valence electrons. The van der Waals surface area contributed by atoms with Crippen molar-refractivity contribution in [3.63, 3.8) is 0 Å². The predicted octanol–water partition coefficient (Wildman–Crippen LogP) is 2.78. The van der Waals surface area contributed by atoms with Crippen LogP contribution in [0.3, 0.4) is 0 Å². The van der Waals surface area contributed by atoms with Crippen molar-refractivity contribution in [2.75, 3.05) is 14.1 Å². The molecule has 2 aliphatic rings. The number of rotatable bonds is 3. The molecule has 5 rings (SSSR count). The molecule has 2 aliphatic heterocycles. The minimum absolute atomic E-state index is 0.00251. The highest BCUT2D eigenvalue weighted by molar-refractivity contribution is 5.95. The van der Waals surface area contributed by atoms with E-state index in [0.29, 0.717) is 30.1 Å². The number of imidazole rings is 1. The third-order valence-corrected chi connectivity index (χ3v) is 6.33. The van der Waals surface area contributed by atoms with E-state index in [1.54, 1.807) is 25.9 Å². The Hall–Kier alpha value is -3.42. The lowest BCUT2D eigenvalue weighted by molar-refractivity contribution is 0.0632. The summed E-state index contributed by atoms with van der Waals surface area (Å²) in [5.41, 5.74) is 2.93. The topological polar surface area (TPSA) is 84.5 Å². The lowest BCUT2D eigenvalue weighted by atomic mass is 10.0. The summed E-state index contributed by atoms with van der Waals surface area (Å²) >= 11 is 0. The Morgan fingerprint density at radius 2 is 1.87 bits per heavy atom. The van der Waals surface area contributed by atoms with Gasteiger partial charge in [0.1, 0.15) is 11.5 Å². The zero-order valence-electron chi connectivity index (χ0n) is 17.9. The Morgan fingerprint density at radius 1 is 1.13 bits per heavy atom. The van der Waals surface area contributed by atoms with E-state index in [0.717, 1.165) is 29.9 Å². The number of aromatic nitrogens is 3. The average Bonchev–Trinajstić information content (AvgIpc) is 3.42. The quantitative estimate of drug-likeness (QED) is 0.652. The molecule has 1 aromatic carbocycles. The maximum Gasteiger partial charge on any atom is 0.292 e. The third-order valence-electron chi connectivity index (χ3n) is 6.33. The van der Waals surface area contributed by atoms with E-state index in [-0.39, 0.29) is 23.9 Å². The number of benzene rings is 1. The van der Waals surface area contributed by atoms with Crippen molar-refractivity contribution in [1.29, 1.82) is 0 Å². The Balaban J connectivity index is 1.60. The first-order valence-electron chi connectivity index (χ1n) is 10.5. The van der Waals surface area contributed by atoms with Gasteiger partial charge in [-0.2, -0.15) is 0 Å². The van der Waals surface area contributed by atoms with Gasteiger partial charge in [0.05, 0.1) is 17.4 Å². The first-order valence-corrected chi connectivity index (χ1v) is 10.5. The van der Waals surface area contributed by atoms with Crippen molar-refractivity contribution in [3.05, 3.63) is 59.6 Å². The van der Waals surface area contributed by atoms with Crippen molar-refractivity contribution in [3.8, 4) is 11.4 Å². The zero-order chi connectivity index (χ0) is 21.7. The SMILES string of the molecule is Cc1ncoc1C(=O)N1[C@@H]2CC[C@H]1Cc1c(C(=O)N(C)C)nc(-c3ccccc3)n1C2. The maximum atomic E-state index is 13.3. The van der Waals surface area contributed by atoms with E-state index in [1.807, 2.05) is 35.2 Å². The van der Waals surface area contributed by atoms with Crippen LogP contribution in [0.2, 0.25) is 0 Å².